The third kappa shape index (κ3) is 3.33. The van der Waals surface area contributed by atoms with Crippen LogP contribution in [0, 0.1) is 12.7 Å². The molecular weight excluding hydrogens is 247 g/mol. The first-order valence-corrected chi connectivity index (χ1v) is 6.54. The molecule has 0 heterocycles. The molecule has 2 aromatic rings. The first-order valence-electron chi connectivity index (χ1n) is 6.11. The normalized spacial score (nSPS) is 12.4. The minimum atomic E-state index is -0.141. The van der Waals surface area contributed by atoms with E-state index in [1.807, 2.05) is 43.3 Å². The summed E-state index contributed by atoms with van der Waals surface area (Å²) in [6, 6.07) is 15.1. The average molecular weight is 263 g/mol. The van der Waals surface area contributed by atoms with Crippen molar-refractivity contribution in [2.75, 3.05) is 0 Å². The summed E-state index contributed by atoms with van der Waals surface area (Å²) in [6.07, 6.45) is 1.41. The van der Waals surface area contributed by atoms with Crippen molar-refractivity contribution >= 4 is 11.6 Å². The van der Waals surface area contributed by atoms with E-state index in [1.165, 1.54) is 6.07 Å². The maximum absolute atomic E-state index is 13.6. The van der Waals surface area contributed by atoms with Crippen LogP contribution in [-0.2, 0) is 6.42 Å². The van der Waals surface area contributed by atoms with Crippen LogP contribution >= 0.6 is 11.6 Å². The van der Waals surface area contributed by atoms with E-state index in [2.05, 4.69) is 0 Å². The highest BCUT2D eigenvalue weighted by molar-refractivity contribution is 6.20. The topological polar surface area (TPSA) is 0 Å². The third-order valence-corrected chi connectivity index (χ3v) is 3.50. The molecule has 0 N–H and O–H groups in total. The van der Waals surface area contributed by atoms with Gasteiger partial charge in [0.05, 0.1) is 5.38 Å². The Balaban J connectivity index is 2.01. The van der Waals surface area contributed by atoms with E-state index in [9.17, 15) is 4.39 Å². The van der Waals surface area contributed by atoms with E-state index in [4.69, 9.17) is 11.6 Å². The smallest absolute Gasteiger partial charge is 0.126 e. The molecule has 94 valence electrons. The molecule has 0 amide bonds. The lowest BCUT2D eigenvalue weighted by Crippen LogP contribution is -1.96. The predicted octanol–water partition coefficient (Wildman–Crippen LogP) is 5.05. The van der Waals surface area contributed by atoms with E-state index in [0.29, 0.717) is 6.42 Å². The van der Waals surface area contributed by atoms with Gasteiger partial charge in [-0.15, -0.1) is 11.6 Å². The quantitative estimate of drug-likeness (QED) is 0.677. The first-order chi connectivity index (χ1) is 8.66. The first kappa shape index (κ1) is 13.1. The zero-order valence-corrected chi connectivity index (χ0v) is 11.1. The number of hydrogen-bond acceptors (Lipinski definition) is 0. The van der Waals surface area contributed by atoms with Crippen molar-refractivity contribution in [2.24, 2.45) is 0 Å². The predicted molar refractivity (Wildman–Crippen MR) is 74.5 cm³/mol. The van der Waals surface area contributed by atoms with Crippen LogP contribution in [0.1, 0.15) is 28.5 Å². The van der Waals surface area contributed by atoms with Gasteiger partial charge in [0.25, 0.3) is 0 Å². The van der Waals surface area contributed by atoms with Gasteiger partial charge in [-0.1, -0.05) is 48.0 Å². The van der Waals surface area contributed by atoms with Gasteiger partial charge in [0.2, 0.25) is 0 Å². The average Bonchev–Trinajstić information content (AvgIpc) is 2.40. The monoisotopic (exact) mass is 262 g/mol. The summed E-state index contributed by atoms with van der Waals surface area (Å²) in [7, 11) is 0. The summed E-state index contributed by atoms with van der Waals surface area (Å²) >= 11 is 6.33. The Hall–Kier alpha value is -1.34. The lowest BCUT2D eigenvalue weighted by Gasteiger charge is -2.10. The second kappa shape index (κ2) is 6.01. The van der Waals surface area contributed by atoms with E-state index in [-0.39, 0.29) is 11.2 Å². The molecule has 2 rings (SSSR count). The van der Waals surface area contributed by atoms with Gasteiger partial charge in [0.15, 0.2) is 0 Å². The van der Waals surface area contributed by atoms with Crippen molar-refractivity contribution in [3.05, 3.63) is 71.0 Å². The Morgan fingerprint density at radius 1 is 1.11 bits per heavy atom. The molecule has 1 atom stereocenters. The van der Waals surface area contributed by atoms with Gasteiger partial charge in [-0.3, -0.25) is 0 Å². The molecule has 0 fully saturated rings. The molecule has 1 unspecified atom stereocenters. The summed E-state index contributed by atoms with van der Waals surface area (Å²) in [5, 5.41) is -0.0638. The van der Waals surface area contributed by atoms with Crippen molar-refractivity contribution in [2.45, 2.75) is 25.1 Å². The van der Waals surface area contributed by atoms with Crippen molar-refractivity contribution in [3.63, 3.8) is 0 Å². The highest BCUT2D eigenvalue weighted by Gasteiger charge is 2.09. The zero-order chi connectivity index (χ0) is 13.0. The molecular formula is C16H16ClF. The van der Waals surface area contributed by atoms with Crippen LogP contribution in [0.2, 0.25) is 0 Å². The Labute approximate surface area is 112 Å². The fourth-order valence-electron chi connectivity index (χ4n) is 2.01. The molecule has 18 heavy (non-hydrogen) atoms. The molecule has 0 aromatic heterocycles. The molecule has 0 aliphatic rings. The molecule has 0 spiro atoms. The molecule has 0 aliphatic carbocycles. The van der Waals surface area contributed by atoms with Crippen LogP contribution in [0.15, 0.2) is 48.5 Å². The number of benzene rings is 2. The Morgan fingerprint density at radius 2 is 1.83 bits per heavy atom. The molecule has 0 saturated heterocycles. The minimum Gasteiger partial charge on any atom is -0.207 e. The Bertz CT molecular complexity index is 508. The number of hydrogen-bond donors (Lipinski definition) is 0. The lowest BCUT2D eigenvalue weighted by atomic mass is 10.0. The summed E-state index contributed by atoms with van der Waals surface area (Å²) < 4.78 is 13.6. The molecule has 2 heteroatoms. The maximum Gasteiger partial charge on any atom is 0.126 e. The Morgan fingerprint density at radius 3 is 2.56 bits per heavy atom. The second-order valence-electron chi connectivity index (χ2n) is 4.51. The van der Waals surface area contributed by atoms with Gasteiger partial charge < -0.3 is 0 Å². The van der Waals surface area contributed by atoms with Crippen LogP contribution in [0.3, 0.4) is 0 Å². The molecule has 0 radical (unpaired) electrons. The summed E-state index contributed by atoms with van der Waals surface area (Å²) in [5.74, 6) is -0.141. The minimum absolute atomic E-state index is 0.0638. The molecule has 2 aromatic carbocycles. The van der Waals surface area contributed by atoms with E-state index in [0.717, 1.165) is 23.1 Å². The SMILES string of the molecule is Cc1ccc(F)c(CCC(Cl)c2ccccc2)c1. The van der Waals surface area contributed by atoms with Crippen molar-refractivity contribution < 1.29 is 4.39 Å². The molecule has 0 aliphatic heterocycles. The summed E-state index contributed by atoms with van der Waals surface area (Å²) in [5.41, 5.74) is 2.92. The van der Waals surface area contributed by atoms with Crippen molar-refractivity contribution in [3.8, 4) is 0 Å². The molecule has 0 nitrogen and oxygen atoms in total. The highest BCUT2D eigenvalue weighted by Crippen LogP contribution is 2.26. The third-order valence-electron chi connectivity index (χ3n) is 3.03. The van der Waals surface area contributed by atoms with Gasteiger partial charge in [-0.05, 0) is 37.0 Å². The second-order valence-corrected chi connectivity index (χ2v) is 5.04. The van der Waals surface area contributed by atoms with Gasteiger partial charge in [-0.25, -0.2) is 4.39 Å². The molecule has 0 saturated carbocycles. The highest BCUT2D eigenvalue weighted by atomic mass is 35.5. The summed E-state index contributed by atoms with van der Waals surface area (Å²) in [4.78, 5) is 0. The van der Waals surface area contributed by atoms with Crippen LogP contribution in [0.25, 0.3) is 0 Å². The zero-order valence-electron chi connectivity index (χ0n) is 10.4. The number of halogens is 2. The summed E-state index contributed by atoms with van der Waals surface area (Å²) in [6.45, 7) is 1.97. The Kier molecular flexibility index (Phi) is 4.38. The van der Waals surface area contributed by atoms with Gasteiger partial charge in [0, 0.05) is 0 Å². The number of alkyl halides is 1. The van der Waals surface area contributed by atoms with E-state index < -0.39 is 0 Å². The fraction of sp³-hybridized carbons (Fsp3) is 0.250. The van der Waals surface area contributed by atoms with Crippen LogP contribution in [-0.4, -0.2) is 0 Å². The van der Waals surface area contributed by atoms with Crippen LogP contribution in [0.5, 0.6) is 0 Å². The molecule has 0 bridgehead atoms. The fourth-order valence-corrected chi connectivity index (χ4v) is 2.26. The van der Waals surface area contributed by atoms with Crippen LogP contribution in [0.4, 0.5) is 4.39 Å². The number of rotatable bonds is 4. The van der Waals surface area contributed by atoms with Gasteiger partial charge >= 0.3 is 0 Å². The van der Waals surface area contributed by atoms with Crippen LogP contribution < -0.4 is 0 Å². The van der Waals surface area contributed by atoms with Crippen molar-refractivity contribution in [1.82, 2.24) is 0 Å². The van der Waals surface area contributed by atoms with E-state index in [1.54, 1.807) is 6.07 Å². The largest absolute Gasteiger partial charge is 0.207 e. The maximum atomic E-state index is 13.6. The van der Waals surface area contributed by atoms with Crippen molar-refractivity contribution in [1.29, 1.82) is 0 Å². The van der Waals surface area contributed by atoms with Gasteiger partial charge in [-0.2, -0.15) is 0 Å². The standard InChI is InChI=1S/C16H16ClF/c1-12-7-10-16(18)14(11-12)8-9-15(17)13-5-3-2-4-6-13/h2-7,10-11,15H,8-9H2,1H3. The van der Waals surface area contributed by atoms with E-state index >= 15 is 0 Å². The van der Waals surface area contributed by atoms with Gasteiger partial charge in [0.1, 0.15) is 5.82 Å². The lowest BCUT2D eigenvalue weighted by molar-refractivity contribution is 0.602. The number of aryl methyl sites for hydroxylation is 2.